The number of hydrogen-bond donors (Lipinski definition) is 1. The molecule has 0 bridgehead atoms. The van der Waals surface area contributed by atoms with Gasteiger partial charge in [0.2, 0.25) is 5.36 Å². The van der Waals surface area contributed by atoms with Crippen molar-refractivity contribution in [3.05, 3.63) is 96.7 Å². The highest BCUT2D eigenvalue weighted by molar-refractivity contribution is 6.07. The van der Waals surface area contributed by atoms with Crippen LogP contribution in [-0.2, 0) is 28.6 Å². The van der Waals surface area contributed by atoms with E-state index in [1.165, 1.54) is 19.9 Å². The fraction of sp³-hybridized carbons (Fsp3) is 0.270. The maximum atomic E-state index is 12.2. The number of benzene rings is 3. The van der Waals surface area contributed by atoms with Crippen LogP contribution < -0.4 is 19.9 Å². The molecule has 1 heterocycles. The fourth-order valence-corrected chi connectivity index (χ4v) is 5.03. The lowest BCUT2D eigenvalue weighted by molar-refractivity contribution is -0.255. The predicted molar refractivity (Wildman–Crippen MR) is 182 cm³/mol. The van der Waals surface area contributed by atoms with Gasteiger partial charge in [0.15, 0.2) is 13.1 Å². The lowest BCUT2D eigenvalue weighted by atomic mass is 9.90. The average molecular weight is 673 g/mol. The number of anilines is 1. The van der Waals surface area contributed by atoms with Gasteiger partial charge in [-0.15, -0.1) is 0 Å². The first-order chi connectivity index (χ1) is 23.3. The Hall–Kier alpha value is -5.91. The molecule has 258 valence electrons. The predicted octanol–water partition coefficient (Wildman–Crippen LogP) is 4.06. The Balaban J connectivity index is 0.00000154. The summed E-state index contributed by atoms with van der Waals surface area (Å²) < 4.78 is 24.4. The molecule has 2 aliphatic rings. The van der Waals surface area contributed by atoms with Crippen molar-refractivity contribution in [1.82, 2.24) is 4.58 Å². The van der Waals surface area contributed by atoms with Crippen LogP contribution >= 0.6 is 0 Å². The molecule has 49 heavy (non-hydrogen) atoms. The van der Waals surface area contributed by atoms with Gasteiger partial charge in [-0.1, -0.05) is 37.4 Å². The summed E-state index contributed by atoms with van der Waals surface area (Å²) in [5, 5.41) is 21.1. The second kappa shape index (κ2) is 17.9. The third kappa shape index (κ3) is 10.8. The van der Waals surface area contributed by atoms with Gasteiger partial charge < -0.3 is 38.5 Å². The second-order valence-corrected chi connectivity index (χ2v) is 10.8. The van der Waals surface area contributed by atoms with Crippen LogP contribution in [0.25, 0.3) is 33.4 Å². The van der Waals surface area contributed by atoms with Gasteiger partial charge in [-0.05, 0) is 36.9 Å². The number of aromatic carboxylic acids is 1. The number of carboxylic acid groups (broad SMARTS) is 2. The van der Waals surface area contributed by atoms with E-state index >= 15 is 0 Å². The van der Waals surface area contributed by atoms with Gasteiger partial charge in [-0.2, -0.15) is 0 Å². The van der Waals surface area contributed by atoms with Crippen molar-refractivity contribution in [3.63, 3.8) is 0 Å². The van der Waals surface area contributed by atoms with Crippen molar-refractivity contribution in [2.24, 2.45) is 0 Å². The van der Waals surface area contributed by atoms with Crippen LogP contribution in [0.2, 0.25) is 0 Å². The minimum Gasteiger partial charge on any atom is -0.545 e. The molecule has 0 saturated carbocycles. The third-order valence-corrected chi connectivity index (χ3v) is 7.04. The van der Waals surface area contributed by atoms with Crippen molar-refractivity contribution in [3.8, 4) is 22.5 Å². The van der Waals surface area contributed by atoms with E-state index < -0.39 is 11.9 Å². The Bertz CT molecular complexity index is 1870. The van der Waals surface area contributed by atoms with E-state index in [0.717, 1.165) is 18.0 Å². The number of carbonyl (C=O) groups excluding carboxylic acids is 3. The van der Waals surface area contributed by atoms with Crippen LogP contribution in [0.1, 0.15) is 38.1 Å². The molecule has 0 radical (unpaired) electrons. The zero-order chi connectivity index (χ0) is 36.1. The summed E-state index contributed by atoms with van der Waals surface area (Å²) in [6.45, 7) is 15.2. The summed E-state index contributed by atoms with van der Waals surface area (Å²) in [4.78, 5) is 45.7. The third-order valence-electron chi connectivity index (χ3n) is 7.04. The summed E-state index contributed by atoms with van der Waals surface area (Å²) in [5.41, 5.74) is 3.14. The summed E-state index contributed by atoms with van der Waals surface area (Å²) in [6, 6.07) is 17.9. The molecule has 4 rings (SSSR count). The minimum absolute atomic E-state index is 0.0495. The SMILES string of the molecule is C=CN(CCOC(C)=O)c1ccc2c(-c3ccccc3C(=O)[O-])c3ccc(=[N+](CCOC(=C)C)CCOC(C)=O)cc-3oc2c1.CC(=O)O. The largest absolute Gasteiger partial charge is 0.545 e. The number of esters is 2. The highest BCUT2D eigenvalue weighted by Gasteiger charge is 2.22. The van der Waals surface area contributed by atoms with E-state index in [4.69, 9.17) is 28.5 Å². The number of aliphatic carboxylic acids is 1. The number of fused-ring (bicyclic) bond motifs is 2. The molecular weight excluding hydrogens is 632 g/mol. The number of hydrogen-bond acceptors (Lipinski definition) is 10. The number of nitrogens with zero attached hydrogens (tertiary/aromatic N) is 2. The molecule has 2 aromatic carbocycles. The fourth-order valence-electron chi connectivity index (χ4n) is 5.03. The molecule has 0 spiro atoms. The monoisotopic (exact) mass is 672 g/mol. The number of carboxylic acids is 2. The van der Waals surface area contributed by atoms with Gasteiger partial charge in [0.1, 0.15) is 31.2 Å². The Labute approximate surface area is 284 Å². The van der Waals surface area contributed by atoms with Gasteiger partial charge in [0.05, 0.1) is 24.3 Å². The quantitative estimate of drug-likeness (QED) is 0.0891. The van der Waals surface area contributed by atoms with Crippen LogP contribution in [0.5, 0.6) is 0 Å². The van der Waals surface area contributed by atoms with Gasteiger partial charge in [0, 0.05) is 60.7 Å². The molecule has 0 atom stereocenters. The molecule has 0 amide bonds. The van der Waals surface area contributed by atoms with Gasteiger partial charge in [0.25, 0.3) is 5.97 Å². The Morgan fingerprint density at radius 1 is 0.878 bits per heavy atom. The van der Waals surface area contributed by atoms with Crippen molar-refractivity contribution in [2.45, 2.75) is 27.7 Å². The summed E-state index contributed by atoms with van der Waals surface area (Å²) >= 11 is 0. The first-order valence-electron chi connectivity index (χ1n) is 15.4. The maximum absolute atomic E-state index is 12.2. The van der Waals surface area contributed by atoms with E-state index in [9.17, 15) is 19.5 Å². The number of carbonyl (C=O) groups is 4. The van der Waals surface area contributed by atoms with E-state index in [2.05, 4.69) is 13.2 Å². The Kier molecular flexibility index (Phi) is 13.7. The highest BCUT2D eigenvalue weighted by Crippen LogP contribution is 2.42. The minimum atomic E-state index is -1.29. The molecule has 0 saturated heterocycles. The van der Waals surface area contributed by atoms with E-state index in [0.29, 0.717) is 65.4 Å². The second-order valence-electron chi connectivity index (χ2n) is 10.8. The topological polar surface area (TPSA) is 159 Å². The van der Waals surface area contributed by atoms with Gasteiger partial charge in [-0.25, -0.2) is 4.58 Å². The molecule has 0 unspecified atom stereocenters. The maximum Gasteiger partial charge on any atom is 0.302 e. The summed E-state index contributed by atoms with van der Waals surface area (Å²) in [7, 11) is 0. The van der Waals surface area contributed by atoms with E-state index in [1.807, 2.05) is 45.9 Å². The molecule has 1 aliphatic heterocycles. The molecule has 0 aromatic heterocycles. The van der Waals surface area contributed by atoms with E-state index in [-0.39, 0.29) is 30.7 Å². The molecule has 0 fully saturated rings. The summed E-state index contributed by atoms with van der Waals surface area (Å²) in [6.07, 6.45) is 1.63. The van der Waals surface area contributed by atoms with Crippen LogP contribution in [-0.4, -0.2) is 68.4 Å². The van der Waals surface area contributed by atoms with Crippen LogP contribution in [0.4, 0.5) is 5.69 Å². The van der Waals surface area contributed by atoms with Gasteiger partial charge >= 0.3 is 11.9 Å². The van der Waals surface area contributed by atoms with Crippen LogP contribution in [0.3, 0.4) is 0 Å². The normalized spacial score (nSPS) is 11.1. The summed E-state index contributed by atoms with van der Waals surface area (Å²) in [5.74, 6) is -1.79. The number of rotatable bonds is 14. The average Bonchev–Trinajstić information content (AvgIpc) is 3.03. The van der Waals surface area contributed by atoms with Crippen molar-refractivity contribution in [1.29, 1.82) is 0 Å². The zero-order valence-electron chi connectivity index (χ0n) is 28.0. The molecule has 1 N–H and O–H groups in total. The zero-order valence-corrected chi connectivity index (χ0v) is 28.0. The molecule has 12 heteroatoms. The van der Waals surface area contributed by atoms with Crippen LogP contribution in [0.15, 0.2) is 90.2 Å². The van der Waals surface area contributed by atoms with Crippen molar-refractivity contribution in [2.75, 3.05) is 44.4 Å². The number of ether oxygens (including phenoxy) is 3. The molecule has 1 aliphatic carbocycles. The van der Waals surface area contributed by atoms with Gasteiger partial charge in [-0.3, -0.25) is 14.4 Å². The van der Waals surface area contributed by atoms with Crippen LogP contribution in [0, 0.1) is 0 Å². The Morgan fingerprint density at radius 2 is 1.51 bits per heavy atom. The van der Waals surface area contributed by atoms with Crippen molar-refractivity contribution >= 4 is 40.5 Å². The molecule has 2 aromatic rings. The lowest BCUT2D eigenvalue weighted by Crippen LogP contribution is -2.36. The van der Waals surface area contributed by atoms with E-state index in [1.54, 1.807) is 31.3 Å². The smallest absolute Gasteiger partial charge is 0.302 e. The van der Waals surface area contributed by atoms with Crippen molar-refractivity contribution < 1.29 is 48.0 Å². The standard InChI is InChI=1S/C35H36N2O8.C2H4O2/c1-6-36(15-19-43-24(4)38)26-11-13-30-32(21-26)45-33-22-27(37(16-18-42-23(2)3)17-20-44-25(5)39)12-14-31(33)34(30)28-9-7-8-10-29(28)35(40)41;1-2(3)4/h6-14,21-22H,1-2,15-20H2,3-5H3;1H3,(H,3,4). The Morgan fingerprint density at radius 3 is 2.12 bits per heavy atom. The molecular formula is C37H40N2O10. The number of allylic oxidation sites excluding steroid dienone is 1. The lowest BCUT2D eigenvalue weighted by Gasteiger charge is -2.22. The highest BCUT2D eigenvalue weighted by atomic mass is 16.5. The first-order valence-corrected chi connectivity index (χ1v) is 15.4. The molecule has 12 nitrogen and oxygen atoms in total. The first kappa shape index (κ1) is 37.5.